The average molecular weight is 259 g/mol. The fourth-order valence-electron chi connectivity index (χ4n) is 2.74. The van der Waals surface area contributed by atoms with Gasteiger partial charge in [0.25, 0.3) is 0 Å². The van der Waals surface area contributed by atoms with E-state index < -0.39 is 0 Å². The van der Waals surface area contributed by atoms with E-state index in [4.69, 9.17) is 0 Å². The highest BCUT2D eigenvalue weighted by Gasteiger charge is 2.30. The van der Waals surface area contributed by atoms with Gasteiger partial charge in [0.1, 0.15) is 5.82 Å². The maximum Gasteiger partial charge on any atom is 0.123 e. The Morgan fingerprint density at radius 1 is 1.42 bits per heavy atom. The summed E-state index contributed by atoms with van der Waals surface area (Å²) in [6.07, 6.45) is 2.83. The molecule has 0 aliphatic carbocycles. The van der Waals surface area contributed by atoms with Gasteiger partial charge in [0.2, 0.25) is 0 Å². The van der Waals surface area contributed by atoms with E-state index in [9.17, 15) is 4.39 Å². The van der Waals surface area contributed by atoms with Gasteiger partial charge in [-0.2, -0.15) is 0 Å². The number of benzene rings is 1. The quantitative estimate of drug-likeness (QED) is 0.897. The van der Waals surface area contributed by atoms with Gasteiger partial charge in [0, 0.05) is 25.2 Å². The molecule has 100 valence electrons. The normalized spacial score (nSPS) is 17.2. The topological polar surface area (TPSA) is 29.9 Å². The Kier molecular flexibility index (Phi) is 2.90. The number of nitrogens with one attached hydrogen (secondary N) is 1. The van der Waals surface area contributed by atoms with Gasteiger partial charge in [0.05, 0.1) is 17.6 Å². The molecular formula is C15H18FN3. The predicted octanol–water partition coefficient (Wildman–Crippen LogP) is 2.45. The average Bonchev–Trinajstić information content (AvgIpc) is 2.74. The number of nitrogens with zero attached hydrogens (tertiary/aromatic N) is 2. The number of fused-ring (bicyclic) bond motifs is 1. The molecule has 0 bridgehead atoms. The summed E-state index contributed by atoms with van der Waals surface area (Å²) in [4.78, 5) is 4.53. The number of hydrogen-bond acceptors (Lipinski definition) is 2. The fraction of sp³-hybridized carbons (Fsp3) is 0.400. The minimum Gasteiger partial charge on any atom is -0.330 e. The Bertz CT molecular complexity index is 601. The Morgan fingerprint density at radius 2 is 2.26 bits per heavy atom. The van der Waals surface area contributed by atoms with Crippen LogP contribution in [0.5, 0.6) is 0 Å². The van der Waals surface area contributed by atoms with Crippen molar-refractivity contribution in [3.8, 4) is 0 Å². The van der Waals surface area contributed by atoms with Crippen molar-refractivity contribution in [3.05, 3.63) is 53.4 Å². The third-order valence-electron chi connectivity index (χ3n) is 3.71. The van der Waals surface area contributed by atoms with E-state index in [2.05, 4.69) is 28.7 Å². The lowest BCUT2D eigenvalue weighted by Gasteiger charge is -2.30. The van der Waals surface area contributed by atoms with Crippen molar-refractivity contribution in [1.29, 1.82) is 0 Å². The van der Waals surface area contributed by atoms with E-state index in [1.54, 1.807) is 12.1 Å². The zero-order chi connectivity index (χ0) is 13.5. The van der Waals surface area contributed by atoms with Crippen LogP contribution in [-0.4, -0.2) is 16.1 Å². The molecule has 3 nitrogen and oxygen atoms in total. The van der Waals surface area contributed by atoms with Crippen molar-refractivity contribution in [3.63, 3.8) is 0 Å². The van der Waals surface area contributed by atoms with Crippen LogP contribution in [-0.2, 0) is 18.5 Å². The molecule has 0 fully saturated rings. The first-order valence-electron chi connectivity index (χ1n) is 6.60. The second-order valence-corrected chi connectivity index (χ2v) is 5.60. The molecule has 1 aliphatic heterocycles. The molecule has 0 atom stereocenters. The summed E-state index contributed by atoms with van der Waals surface area (Å²) in [6, 6.07) is 6.75. The molecule has 2 heterocycles. The highest BCUT2D eigenvalue weighted by atomic mass is 19.1. The Morgan fingerprint density at radius 3 is 3.05 bits per heavy atom. The monoisotopic (exact) mass is 259 g/mol. The Labute approximate surface area is 112 Å². The predicted molar refractivity (Wildman–Crippen MR) is 72.5 cm³/mol. The van der Waals surface area contributed by atoms with Crippen LogP contribution in [0.15, 0.2) is 30.6 Å². The molecule has 1 aromatic heterocycles. The molecule has 1 aromatic carbocycles. The second-order valence-electron chi connectivity index (χ2n) is 5.60. The molecule has 2 aromatic rings. The van der Waals surface area contributed by atoms with Gasteiger partial charge in [-0.15, -0.1) is 0 Å². The van der Waals surface area contributed by atoms with Crippen molar-refractivity contribution >= 4 is 0 Å². The van der Waals surface area contributed by atoms with Gasteiger partial charge in [-0.1, -0.05) is 12.1 Å². The molecule has 0 saturated heterocycles. The summed E-state index contributed by atoms with van der Waals surface area (Å²) in [5, 5.41) is 3.47. The van der Waals surface area contributed by atoms with E-state index in [1.807, 2.05) is 12.4 Å². The Hall–Kier alpha value is -1.68. The number of hydrogen-bond donors (Lipinski definition) is 1. The summed E-state index contributed by atoms with van der Waals surface area (Å²) < 4.78 is 15.4. The van der Waals surface area contributed by atoms with Crippen molar-refractivity contribution < 1.29 is 4.39 Å². The second kappa shape index (κ2) is 4.46. The standard InChI is InChI=1S/C15H18FN3/c1-15(2)14-13(6-7-18-15)19(10-17-14)9-11-4-3-5-12(16)8-11/h3-5,8,10,18H,6-7,9H2,1-2H3. The highest BCUT2D eigenvalue weighted by Crippen LogP contribution is 2.26. The van der Waals surface area contributed by atoms with Crippen LogP contribution in [0.4, 0.5) is 4.39 Å². The maximum absolute atomic E-state index is 13.2. The van der Waals surface area contributed by atoms with E-state index >= 15 is 0 Å². The molecule has 1 N–H and O–H groups in total. The van der Waals surface area contributed by atoms with Crippen LogP contribution in [0.25, 0.3) is 0 Å². The van der Waals surface area contributed by atoms with Gasteiger partial charge >= 0.3 is 0 Å². The van der Waals surface area contributed by atoms with Gasteiger partial charge in [0.15, 0.2) is 0 Å². The SMILES string of the molecule is CC1(C)NCCc2c1ncn2Cc1cccc(F)c1. The number of rotatable bonds is 2. The van der Waals surface area contributed by atoms with Gasteiger partial charge < -0.3 is 9.88 Å². The van der Waals surface area contributed by atoms with Crippen LogP contribution in [0, 0.1) is 5.82 Å². The largest absolute Gasteiger partial charge is 0.330 e. The van der Waals surface area contributed by atoms with Crippen LogP contribution in [0.1, 0.15) is 30.8 Å². The van der Waals surface area contributed by atoms with Gasteiger partial charge in [-0.3, -0.25) is 0 Å². The lowest BCUT2D eigenvalue weighted by Crippen LogP contribution is -2.43. The first-order chi connectivity index (χ1) is 9.06. The first-order valence-corrected chi connectivity index (χ1v) is 6.60. The maximum atomic E-state index is 13.2. The van der Waals surface area contributed by atoms with Crippen molar-refractivity contribution in [2.45, 2.75) is 32.4 Å². The Balaban J connectivity index is 1.93. The zero-order valence-electron chi connectivity index (χ0n) is 11.3. The summed E-state index contributed by atoms with van der Waals surface area (Å²) in [5.74, 6) is -0.187. The van der Waals surface area contributed by atoms with E-state index in [0.717, 1.165) is 24.2 Å². The van der Waals surface area contributed by atoms with Crippen molar-refractivity contribution in [2.24, 2.45) is 0 Å². The molecule has 0 amide bonds. The molecule has 3 rings (SSSR count). The third kappa shape index (κ3) is 2.28. The molecule has 0 unspecified atom stereocenters. The summed E-state index contributed by atoms with van der Waals surface area (Å²) in [7, 11) is 0. The molecule has 0 saturated carbocycles. The smallest absolute Gasteiger partial charge is 0.123 e. The lowest BCUT2D eigenvalue weighted by atomic mass is 9.93. The van der Waals surface area contributed by atoms with E-state index in [0.29, 0.717) is 6.54 Å². The minimum atomic E-state index is -0.187. The van der Waals surface area contributed by atoms with Crippen LogP contribution in [0.2, 0.25) is 0 Å². The van der Waals surface area contributed by atoms with Gasteiger partial charge in [-0.25, -0.2) is 9.37 Å². The molecular weight excluding hydrogens is 241 g/mol. The van der Waals surface area contributed by atoms with E-state index in [-0.39, 0.29) is 11.4 Å². The molecule has 1 aliphatic rings. The molecule has 0 spiro atoms. The zero-order valence-corrected chi connectivity index (χ0v) is 11.3. The number of imidazole rings is 1. The summed E-state index contributed by atoms with van der Waals surface area (Å²) in [5.41, 5.74) is 3.25. The van der Waals surface area contributed by atoms with Crippen molar-refractivity contribution in [2.75, 3.05) is 6.54 Å². The fourth-order valence-corrected chi connectivity index (χ4v) is 2.74. The molecule has 4 heteroatoms. The minimum absolute atomic E-state index is 0.0826. The van der Waals surface area contributed by atoms with E-state index in [1.165, 1.54) is 11.8 Å². The van der Waals surface area contributed by atoms with Crippen molar-refractivity contribution in [1.82, 2.24) is 14.9 Å². The summed E-state index contributed by atoms with van der Waals surface area (Å²) >= 11 is 0. The highest BCUT2D eigenvalue weighted by molar-refractivity contribution is 5.26. The summed E-state index contributed by atoms with van der Waals surface area (Å²) in [6.45, 7) is 5.92. The third-order valence-corrected chi connectivity index (χ3v) is 3.71. The first kappa shape index (κ1) is 12.4. The molecule has 0 radical (unpaired) electrons. The van der Waals surface area contributed by atoms with Crippen LogP contribution < -0.4 is 5.32 Å². The van der Waals surface area contributed by atoms with Crippen LogP contribution >= 0.6 is 0 Å². The molecule has 19 heavy (non-hydrogen) atoms. The van der Waals surface area contributed by atoms with Crippen LogP contribution in [0.3, 0.4) is 0 Å². The number of aromatic nitrogens is 2. The van der Waals surface area contributed by atoms with Gasteiger partial charge in [-0.05, 0) is 31.5 Å². The lowest BCUT2D eigenvalue weighted by molar-refractivity contribution is 0.368. The number of halogens is 1.